The van der Waals surface area contributed by atoms with Gasteiger partial charge in [0.2, 0.25) is 0 Å². The van der Waals surface area contributed by atoms with Gasteiger partial charge in [0.25, 0.3) is 12.1 Å². The smallest absolute Gasteiger partial charge is 0.414 e. The summed E-state index contributed by atoms with van der Waals surface area (Å²) in [6.07, 6.45) is -1.28. The van der Waals surface area contributed by atoms with Gasteiger partial charge in [-0.25, -0.2) is 9.79 Å². The van der Waals surface area contributed by atoms with E-state index in [4.69, 9.17) is 16.3 Å². The molecule has 1 aliphatic rings. The number of aryl methyl sites for hydroxylation is 2. The number of benzene rings is 2. The van der Waals surface area contributed by atoms with E-state index in [1.165, 1.54) is 16.2 Å². The van der Waals surface area contributed by atoms with Gasteiger partial charge in [0, 0.05) is 33.8 Å². The molecule has 0 bridgehead atoms. The van der Waals surface area contributed by atoms with Crippen LogP contribution in [0.5, 0.6) is 0 Å². The van der Waals surface area contributed by atoms with Crippen molar-refractivity contribution in [2.45, 2.75) is 26.5 Å². The van der Waals surface area contributed by atoms with E-state index in [9.17, 15) is 9.59 Å². The number of thiophene rings is 1. The van der Waals surface area contributed by atoms with Gasteiger partial charge in [-0.05, 0) is 43.2 Å². The molecule has 1 atom stereocenters. The van der Waals surface area contributed by atoms with E-state index in [2.05, 4.69) is 17.2 Å². The Hall–Kier alpha value is -3.16. The van der Waals surface area contributed by atoms with Crippen molar-refractivity contribution < 1.29 is 14.3 Å². The molecule has 0 radical (unpaired) electrons. The van der Waals surface area contributed by atoms with Crippen molar-refractivity contribution >= 4 is 51.3 Å². The molecule has 1 aromatic heterocycles. The molecule has 32 heavy (non-hydrogen) atoms. The van der Waals surface area contributed by atoms with Gasteiger partial charge >= 0.3 is 6.09 Å². The minimum absolute atomic E-state index is 0.433. The van der Waals surface area contributed by atoms with Crippen LogP contribution in [0.3, 0.4) is 0 Å². The molecule has 8 heteroatoms. The zero-order valence-corrected chi connectivity index (χ0v) is 19.5. The van der Waals surface area contributed by atoms with Crippen LogP contribution in [0.1, 0.15) is 28.5 Å². The number of hydrogen-bond acceptors (Lipinski definition) is 5. The molecule has 2 amide bonds. The van der Waals surface area contributed by atoms with Crippen LogP contribution in [-0.2, 0) is 16.0 Å². The number of nitrogens with zero attached hydrogens (tertiary/aromatic N) is 2. The lowest BCUT2D eigenvalue weighted by molar-refractivity contribution is -0.125. The number of amides is 2. The zero-order valence-electron chi connectivity index (χ0n) is 17.9. The van der Waals surface area contributed by atoms with Crippen molar-refractivity contribution in [3.8, 4) is 0 Å². The summed E-state index contributed by atoms with van der Waals surface area (Å²) < 4.78 is 5.48. The second-order valence-electron chi connectivity index (χ2n) is 7.39. The second-order valence-corrected chi connectivity index (χ2v) is 8.91. The number of aliphatic imine (C=N–C) groups is 1. The van der Waals surface area contributed by atoms with Crippen LogP contribution in [0.2, 0.25) is 5.02 Å². The molecular formula is C24H22ClN3O3S. The zero-order chi connectivity index (χ0) is 22.8. The third kappa shape index (κ3) is 4.40. The molecule has 2 heterocycles. The van der Waals surface area contributed by atoms with Crippen LogP contribution >= 0.6 is 22.9 Å². The number of fused-ring (bicyclic) bond motifs is 1. The van der Waals surface area contributed by atoms with E-state index >= 15 is 0 Å². The van der Waals surface area contributed by atoms with Crippen LogP contribution in [-0.4, -0.2) is 31.0 Å². The summed E-state index contributed by atoms with van der Waals surface area (Å²) in [4.78, 5) is 33.0. The lowest BCUT2D eigenvalue weighted by Gasteiger charge is -2.18. The predicted octanol–water partition coefficient (Wildman–Crippen LogP) is 5.66. The largest absolute Gasteiger partial charge is 0.414 e. The van der Waals surface area contributed by atoms with E-state index < -0.39 is 18.2 Å². The fourth-order valence-corrected chi connectivity index (χ4v) is 4.74. The number of anilines is 2. The Bertz CT molecular complexity index is 1220. The molecule has 1 N–H and O–H groups in total. The van der Waals surface area contributed by atoms with Crippen molar-refractivity contribution in [3.63, 3.8) is 0 Å². The fraction of sp³-hybridized carbons (Fsp3) is 0.208. The maximum Gasteiger partial charge on any atom is 0.414 e. The number of carbonyl (C=O) groups excluding carboxylic acids is 2. The van der Waals surface area contributed by atoms with Gasteiger partial charge in [0.15, 0.2) is 0 Å². The van der Waals surface area contributed by atoms with Crippen molar-refractivity contribution in [1.29, 1.82) is 0 Å². The number of likely N-dealkylation sites (N-methyl/N-ethyl adjacent to an activating group) is 1. The average Bonchev–Trinajstić information content (AvgIpc) is 3.17. The standard InChI is InChI=1S/C24H22ClN3O3S/c1-4-16-13-18-20(17-10-5-6-11-19(17)25)27-21(22(29)28(3)23(18)32-16)31-24(30)26-15-9-7-8-14(2)12-15/h5-13,21H,4H2,1-3H3,(H,26,30). The summed E-state index contributed by atoms with van der Waals surface area (Å²) in [6, 6.07) is 16.6. The molecule has 0 fully saturated rings. The Balaban J connectivity index is 1.73. The maximum absolute atomic E-state index is 13.2. The van der Waals surface area contributed by atoms with Crippen LogP contribution in [0.15, 0.2) is 59.6 Å². The molecule has 164 valence electrons. The summed E-state index contributed by atoms with van der Waals surface area (Å²) in [5.41, 5.74) is 3.55. The van der Waals surface area contributed by atoms with Gasteiger partial charge in [-0.15, -0.1) is 11.3 Å². The highest BCUT2D eigenvalue weighted by atomic mass is 35.5. The Morgan fingerprint density at radius 2 is 1.97 bits per heavy atom. The molecule has 1 aliphatic heterocycles. The van der Waals surface area contributed by atoms with Gasteiger partial charge < -0.3 is 9.64 Å². The first kappa shape index (κ1) is 22.0. The molecule has 1 unspecified atom stereocenters. The fourth-order valence-electron chi connectivity index (χ4n) is 3.45. The Kier molecular flexibility index (Phi) is 6.30. The number of rotatable bonds is 4. The van der Waals surface area contributed by atoms with Gasteiger partial charge in [0.05, 0.1) is 5.71 Å². The predicted molar refractivity (Wildman–Crippen MR) is 129 cm³/mol. The highest BCUT2D eigenvalue weighted by Gasteiger charge is 2.34. The topological polar surface area (TPSA) is 71.0 Å². The molecule has 3 aromatic rings. The maximum atomic E-state index is 13.2. The van der Waals surface area contributed by atoms with Crippen LogP contribution in [0.25, 0.3) is 0 Å². The summed E-state index contributed by atoms with van der Waals surface area (Å²) in [5, 5.41) is 3.91. The Morgan fingerprint density at radius 1 is 1.19 bits per heavy atom. The van der Waals surface area contributed by atoms with Crippen LogP contribution in [0, 0.1) is 6.92 Å². The molecular weight excluding hydrogens is 446 g/mol. The highest BCUT2D eigenvalue weighted by molar-refractivity contribution is 7.16. The first-order valence-corrected chi connectivity index (χ1v) is 11.3. The van der Waals surface area contributed by atoms with Crippen LogP contribution < -0.4 is 10.2 Å². The van der Waals surface area contributed by atoms with Gasteiger partial charge in [-0.3, -0.25) is 10.1 Å². The molecule has 0 saturated carbocycles. The van der Waals surface area contributed by atoms with Crippen molar-refractivity contribution in [3.05, 3.63) is 81.2 Å². The molecule has 4 rings (SSSR count). The third-order valence-electron chi connectivity index (χ3n) is 5.07. The minimum atomic E-state index is -1.35. The molecule has 0 aliphatic carbocycles. The molecule has 2 aromatic carbocycles. The van der Waals surface area contributed by atoms with Gasteiger partial charge in [-0.1, -0.05) is 48.9 Å². The SMILES string of the molecule is CCc1cc2c(s1)N(C)C(=O)C(OC(=O)Nc1cccc(C)c1)N=C2c1ccccc1Cl. The van der Waals surface area contributed by atoms with E-state index in [-0.39, 0.29) is 0 Å². The summed E-state index contributed by atoms with van der Waals surface area (Å²) in [6.45, 7) is 3.98. The Morgan fingerprint density at radius 3 is 2.69 bits per heavy atom. The van der Waals surface area contributed by atoms with E-state index in [0.29, 0.717) is 22.0 Å². The van der Waals surface area contributed by atoms with E-state index in [0.717, 1.165) is 27.4 Å². The van der Waals surface area contributed by atoms with E-state index in [1.807, 2.05) is 49.4 Å². The summed E-state index contributed by atoms with van der Waals surface area (Å²) in [7, 11) is 1.66. The molecule has 6 nitrogen and oxygen atoms in total. The average molecular weight is 468 g/mol. The Labute approximate surface area is 195 Å². The van der Waals surface area contributed by atoms with Gasteiger partial charge in [0.1, 0.15) is 5.00 Å². The molecule has 0 spiro atoms. The monoisotopic (exact) mass is 467 g/mol. The minimum Gasteiger partial charge on any atom is -0.414 e. The lowest BCUT2D eigenvalue weighted by atomic mass is 10.0. The third-order valence-corrected chi connectivity index (χ3v) is 6.76. The molecule has 0 saturated heterocycles. The van der Waals surface area contributed by atoms with Gasteiger partial charge in [-0.2, -0.15) is 0 Å². The summed E-state index contributed by atoms with van der Waals surface area (Å²) in [5.74, 6) is -0.433. The number of ether oxygens (including phenoxy) is 1. The quantitative estimate of drug-likeness (QED) is 0.538. The summed E-state index contributed by atoms with van der Waals surface area (Å²) >= 11 is 7.99. The van der Waals surface area contributed by atoms with E-state index in [1.54, 1.807) is 19.2 Å². The normalized spacial score (nSPS) is 15.6. The number of hydrogen-bond donors (Lipinski definition) is 1. The highest BCUT2D eigenvalue weighted by Crippen LogP contribution is 2.37. The van der Waals surface area contributed by atoms with Crippen molar-refractivity contribution in [2.75, 3.05) is 17.3 Å². The number of halogens is 1. The second kappa shape index (κ2) is 9.14. The van der Waals surface area contributed by atoms with Crippen molar-refractivity contribution in [1.82, 2.24) is 0 Å². The number of nitrogens with one attached hydrogen (secondary N) is 1. The van der Waals surface area contributed by atoms with Crippen molar-refractivity contribution in [2.24, 2.45) is 4.99 Å². The number of carbonyl (C=O) groups is 2. The van der Waals surface area contributed by atoms with Crippen LogP contribution in [0.4, 0.5) is 15.5 Å². The first-order chi connectivity index (χ1) is 15.4. The lowest BCUT2D eigenvalue weighted by Crippen LogP contribution is -2.38. The first-order valence-electron chi connectivity index (χ1n) is 10.1.